The molecule has 2 aliphatic rings. The van der Waals surface area contributed by atoms with Gasteiger partial charge in [-0.15, -0.1) is 0 Å². The van der Waals surface area contributed by atoms with Gasteiger partial charge in [0.05, 0.1) is 18.4 Å². The van der Waals surface area contributed by atoms with Crippen LogP contribution in [0.3, 0.4) is 0 Å². The largest absolute Gasteiger partial charge is 0.394 e. The predicted octanol–water partition coefficient (Wildman–Crippen LogP) is 1.04. The highest BCUT2D eigenvalue weighted by Crippen LogP contribution is 2.28. The predicted molar refractivity (Wildman–Crippen MR) is 115 cm³/mol. The number of halogens is 1. The second kappa shape index (κ2) is 8.94. The highest BCUT2D eigenvalue weighted by molar-refractivity contribution is 5.97. The quantitative estimate of drug-likeness (QED) is 0.499. The minimum atomic E-state index is -1.14. The average Bonchev–Trinajstić information content (AvgIpc) is 3.12. The molecule has 4 rings (SSSR count). The van der Waals surface area contributed by atoms with Gasteiger partial charge >= 0.3 is 0 Å². The van der Waals surface area contributed by atoms with Crippen LogP contribution in [0.4, 0.5) is 10.1 Å². The smallest absolute Gasteiger partial charge is 0.269 e. The number of rotatable bonds is 6. The Labute approximate surface area is 184 Å². The molecule has 2 amide bonds. The van der Waals surface area contributed by atoms with Crippen LogP contribution in [0.2, 0.25) is 0 Å². The van der Waals surface area contributed by atoms with Crippen molar-refractivity contribution < 1.29 is 23.8 Å². The van der Waals surface area contributed by atoms with Gasteiger partial charge in [-0.25, -0.2) is 9.37 Å². The summed E-state index contributed by atoms with van der Waals surface area (Å²) in [6, 6.07) is 7.82. The van der Waals surface area contributed by atoms with Gasteiger partial charge in [0.15, 0.2) is 11.5 Å². The summed E-state index contributed by atoms with van der Waals surface area (Å²) in [7, 11) is 0. The molecule has 2 aromatic rings. The lowest BCUT2D eigenvalue weighted by molar-refractivity contribution is -0.126. The van der Waals surface area contributed by atoms with Gasteiger partial charge in [0.2, 0.25) is 5.91 Å². The zero-order valence-corrected chi connectivity index (χ0v) is 17.3. The number of amides is 2. The summed E-state index contributed by atoms with van der Waals surface area (Å²) in [6.07, 6.45) is 1.31. The van der Waals surface area contributed by atoms with E-state index in [0.29, 0.717) is 37.2 Å². The van der Waals surface area contributed by atoms with E-state index in [1.807, 2.05) is 0 Å². The molecule has 2 saturated heterocycles. The number of aliphatic hydroxyl groups is 1. The van der Waals surface area contributed by atoms with Crippen LogP contribution >= 0.6 is 0 Å². The van der Waals surface area contributed by atoms with Gasteiger partial charge in [-0.3, -0.25) is 9.59 Å². The van der Waals surface area contributed by atoms with Crippen molar-refractivity contribution in [1.29, 1.82) is 0 Å². The monoisotopic (exact) mass is 438 g/mol. The second-order valence-electron chi connectivity index (χ2n) is 7.82. The van der Waals surface area contributed by atoms with Crippen LogP contribution in [-0.4, -0.2) is 54.3 Å². The molecule has 9 heteroatoms. The third-order valence-corrected chi connectivity index (χ3v) is 5.65. The molecule has 32 heavy (non-hydrogen) atoms. The van der Waals surface area contributed by atoms with E-state index in [2.05, 4.69) is 27.5 Å². The lowest BCUT2D eigenvalue weighted by Crippen LogP contribution is -2.34. The van der Waals surface area contributed by atoms with Crippen LogP contribution in [0.1, 0.15) is 28.9 Å². The fraction of sp³-hybridized carbons (Fsp3) is 0.348. The zero-order valence-electron chi connectivity index (χ0n) is 17.3. The Morgan fingerprint density at radius 2 is 2.25 bits per heavy atom. The average molecular weight is 438 g/mol. The summed E-state index contributed by atoms with van der Waals surface area (Å²) in [4.78, 5) is 28.2. The Balaban J connectivity index is 1.64. The molecule has 1 aromatic heterocycles. The van der Waals surface area contributed by atoms with Gasteiger partial charge in [0.25, 0.3) is 5.91 Å². The number of nitrogens with two attached hydrogens (primary N) is 1. The fourth-order valence-corrected chi connectivity index (χ4v) is 3.60. The van der Waals surface area contributed by atoms with E-state index in [9.17, 15) is 19.1 Å². The molecule has 2 aliphatic heterocycles. The number of nitrogens with one attached hydrogen (secondary N) is 2. The molecule has 2 atom stereocenters. The van der Waals surface area contributed by atoms with Crippen molar-refractivity contribution >= 4 is 17.5 Å². The van der Waals surface area contributed by atoms with Crippen molar-refractivity contribution in [2.45, 2.75) is 18.9 Å². The Hall–Kier alpha value is -3.48. The minimum Gasteiger partial charge on any atom is -0.394 e. The number of hydrogen-bond donors (Lipinski definition) is 4. The normalized spacial score (nSPS) is 21.8. The first-order chi connectivity index (χ1) is 15.4. The van der Waals surface area contributed by atoms with Crippen LogP contribution in [0.25, 0.3) is 11.3 Å². The summed E-state index contributed by atoms with van der Waals surface area (Å²) in [6.45, 7) is 1.17. The number of aromatic nitrogens is 1. The van der Waals surface area contributed by atoms with Crippen LogP contribution < -0.4 is 16.4 Å². The van der Waals surface area contributed by atoms with E-state index in [1.165, 1.54) is 6.07 Å². The lowest BCUT2D eigenvalue weighted by Gasteiger charge is -2.27. The number of anilines is 1. The van der Waals surface area contributed by atoms with Crippen LogP contribution in [0.15, 0.2) is 30.3 Å². The Bertz CT molecular complexity index is 1120. The molecule has 0 saturated carbocycles. The van der Waals surface area contributed by atoms with Crippen molar-refractivity contribution in [3.63, 3.8) is 0 Å². The third-order valence-electron chi connectivity index (χ3n) is 5.65. The molecule has 5 N–H and O–H groups in total. The van der Waals surface area contributed by atoms with Crippen molar-refractivity contribution in [2.75, 3.05) is 31.6 Å². The maximum Gasteiger partial charge on any atom is 0.269 e. The molecular weight excluding hydrogens is 415 g/mol. The topological polar surface area (TPSA) is 127 Å². The van der Waals surface area contributed by atoms with Crippen molar-refractivity contribution in [2.24, 2.45) is 11.1 Å². The number of hydrogen-bond acceptors (Lipinski definition) is 6. The number of aliphatic hydroxyl groups excluding tert-OH is 1. The number of carbonyl (C=O) groups excluding carboxylic acids is 2. The SMILES string of the molecule is NC(=O)c1nc(-c2cccc(C#C[C@@]3(CO)CCNC3=O)c2)c(F)cc1NC[C@@H]1CCO1. The molecular formula is C23H23FN4O4. The number of carbonyl (C=O) groups is 2. The first kappa shape index (κ1) is 21.7. The molecule has 166 valence electrons. The molecule has 8 nitrogen and oxygen atoms in total. The summed E-state index contributed by atoms with van der Waals surface area (Å²) in [5.74, 6) is 4.04. The zero-order chi connectivity index (χ0) is 22.7. The van der Waals surface area contributed by atoms with Gasteiger partial charge in [-0.2, -0.15) is 0 Å². The fourth-order valence-electron chi connectivity index (χ4n) is 3.60. The van der Waals surface area contributed by atoms with Crippen LogP contribution in [0, 0.1) is 23.1 Å². The van der Waals surface area contributed by atoms with E-state index >= 15 is 0 Å². The highest BCUT2D eigenvalue weighted by atomic mass is 19.1. The number of pyridine rings is 1. The first-order valence-electron chi connectivity index (χ1n) is 10.3. The second-order valence-corrected chi connectivity index (χ2v) is 7.82. The summed E-state index contributed by atoms with van der Waals surface area (Å²) >= 11 is 0. The Kier molecular flexibility index (Phi) is 6.08. The number of ether oxygens (including phenoxy) is 1. The summed E-state index contributed by atoms with van der Waals surface area (Å²) in [5, 5.41) is 15.3. The van der Waals surface area contributed by atoms with Crippen molar-refractivity contribution in [1.82, 2.24) is 10.3 Å². The number of nitrogens with zero attached hydrogens (tertiary/aromatic N) is 1. The van der Waals surface area contributed by atoms with Gasteiger partial charge < -0.3 is 26.2 Å². The van der Waals surface area contributed by atoms with E-state index in [0.717, 1.165) is 6.42 Å². The standard InChI is InChI=1S/C23H23FN4O4/c24-17-11-18(27-12-16-5-9-32-16)20(21(25)30)28-19(17)15-3-1-2-14(10-15)4-6-23(13-29)7-8-26-22(23)31/h1-3,10-11,16,27,29H,5,7-9,12-13H2,(H2,25,30)(H,26,31)/t16-,23-/m0/s1. The lowest BCUT2D eigenvalue weighted by atomic mass is 9.88. The molecule has 0 unspecified atom stereocenters. The van der Waals surface area contributed by atoms with Gasteiger partial charge in [0.1, 0.15) is 11.1 Å². The molecule has 0 aliphatic carbocycles. The molecule has 0 radical (unpaired) electrons. The van der Waals surface area contributed by atoms with Gasteiger partial charge in [-0.1, -0.05) is 24.0 Å². The minimum absolute atomic E-state index is 0.0119. The number of primary amides is 1. The summed E-state index contributed by atoms with van der Waals surface area (Å²) < 4.78 is 20.2. The molecule has 2 fully saturated rings. The van der Waals surface area contributed by atoms with Crippen molar-refractivity contribution in [3.8, 4) is 23.1 Å². The molecule has 0 bridgehead atoms. The molecule has 0 spiro atoms. The molecule has 3 heterocycles. The van der Waals surface area contributed by atoms with Crippen molar-refractivity contribution in [3.05, 3.63) is 47.4 Å². The third kappa shape index (κ3) is 4.28. The first-order valence-corrected chi connectivity index (χ1v) is 10.3. The van der Waals surface area contributed by atoms with E-state index in [1.54, 1.807) is 24.3 Å². The van der Waals surface area contributed by atoms with Crippen LogP contribution in [0.5, 0.6) is 0 Å². The summed E-state index contributed by atoms with van der Waals surface area (Å²) in [5.41, 5.74) is 5.35. The molecule has 1 aromatic carbocycles. The Morgan fingerprint density at radius 1 is 1.44 bits per heavy atom. The van der Waals surface area contributed by atoms with E-state index in [4.69, 9.17) is 10.5 Å². The van der Waals surface area contributed by atoms with Gasteiger partial charge in [0, 0.05) is 36.9 Å². The van der Waals surface area contributed by atoms with E-state index < -0.39 is 17.1 Å². The van der Waals surface area contributed by atoms with Crippen LogP contribution in [-0.2, 0) is 9.53 Å². The Morgan fingerprint density at radius 3 is 2.88 bits per heavy atom. The maximum atomic E-state index is 14.9. The van der Waals surface area contributed by atoms with E-state index in [-0.39, 0.29) is 35.7 Å². The highest BCUT2D eigenvalue weighted by Gasteiger charge is 2.40. The maximum absolute atomic E-state index is 14.9. The van der Waals surface area contributed by atoms with Gasteiger partial charge in [-0.05, 0) is 25.0 Å². The number of benzene rings is 1.